The predicted molar refractivity (Wildman–Crippen MR) is 49.1 cm³/mol. The molecule has 3 heteroatoms. The standard InChI is InChI=1S/C7H13NS.ClH/c1-2-7-5-8-4-3-6(1)9-7;/h6-8H,1-5H2;1H. The zero-order valence-electron chi connectivity index (χ0n) is 6.01. The van der Waals surface area contributed by atoms with Crippen molar-refractivity contribution in [2.75, 3.05) is 13.1 Å². The summed E-state index contributed by atoms with van der Waals surface area (Å²) < 4.78 is 0. The second-order valence-corrected chi connectivity index (χ2v) is 4.56. The summed E-state index contributed by atoms with van der Waals surface area (Å²) in [6, 6.07) is 0. The minimum atomic E-state index is 0. The van der Waals surface area contributed by atoms with Gasteiger partial charge in [-0.05, 0) is 25.8 Å². The Hall–Kier alpha value is 0.600. The van der Waals surface area contributed by atoms with Crippen molar-refractivity contribution >= 4 is 24.2 Å². The van der Waals surface area contributed by atoms with Crippen LogP contribution >= 0.6 is 24.2 Å². The third kappa shape index (κ3) is 1.80. The van der Waals surface area contributed by atoms with Crippen molar-refractivity contribution in [3.8, 4) is 0 Å². The van der Waals surface area contributed by atoms with Crippen LogP contribution in [0.4, 0.5) is 0 Å². The molecular formula is C7H14ClNS. The Kier molecular flexibility index (Phi) is 3.34. The van der Waals surface area contributed by atoms with E-state index in [0.717, 1.165) is 10.5 Å². The summed E-state index contributed by atoms with van der Waals surface area (Å²) in [6.07, 6.45) is 4.35. The topological polar surface area (TPSA) is 12.0 Å². The summed E-state index contributed by atoms with van der Waals surface area (Å²) in [4.78, 5) is 0. The first-order chi connectivity index (χ1) is 4.45. The lowest BCUT2D eigenvalue weighted by molar-refractivity contribution is 0.567. The Bertz CT molecular complexity index is 97.8. The van der Waals surface area contributed by atoms with Gasteiger partial charge in [0.15, 0.2) is 0 Å². The quantitative estimate of drug-likeness (QED) is 0.607. The summed E-state index contributed by atoms with van der Waals surface area (Å²) in [5.74, 6) is 0. The Morgan fingerprint density at radius 2 is 1.90 bits per heavy atom. The summed E-state index contributed by atoms with van der Waals surface area (Å²) in [5.41, 5.74) is 0. The van der Waals surface area contributed by atoms with Gasteiger partial charge >= 0.3 is 0 Å². The lowest BCUT2D eigenvalue weighted by Crippen LogP contribution is -2.23. The van der Waals surface area contributed by atoms with Crippen molar-refractivity contribution in [3.63, 3.8) is 0 Å². The van der Waals surface area contributed by atoms with E-state index in [-0.39, 0.29) is 12.4 Å². The van der Waals surface area contributed by atoms with E-state index >= 15 is 0 Å². The third-order valence-corrected chi connectivity index (χ3v) is 3.85. The fourth-order valence-electron chi connectivity index (χ4n) is 1.67. The van der Waals surface area contributed by atoms with Crippen molar-refractivity contribution in [1.29, 1.82) is 0 Å². The van der Waals surface area contributed by atoms with Crippen molar-refractivity contribution in [2.45, 2.75) is 29.8 Å². The van der Waals surface area contributed by atoms with Crippen LogP contribution in [0.3, 0.4) is 0 Å². The summed E-state index contributed by atoms with van der Waals surface area (Å²) in [6.45, 7) is 2.52. The maximum absolute atomic E-state index is 3.46. The van der Waals surface area contributed by atoms with E-state index < -0.39 is 0 Å². The smallest absolute Gasteiger partial charge is 0.0175 e. The van der Waals surface area contributed by atoms with Gasteiger partial charge in [0, 0.05) is 17.0 Å². The van der Waals surface area contributed by atoms with E-state index in [1.807, 2.05) is 0 Å². The zero-order valence-corrected chi connectivity index (χ0v) is 7.64. The van der Waals surface area contributed by atoms with Gasteiger partial charge in [0.05, 0.1) is 0 Å². The molecule has 0 saturated carbocycles. The Balaban J connectivity index is 0.000000500. The minimum absolute atomic E-state index is 0. The van der Waals surface area contributed by atoms with Crippen LogP contribution in [-0.2, 0) is 0 Å². The highest BCUT2D eigenvalue weighted by atomic mass is 35.5. The lowest BCUT2D eigenvalue weighted by Gasteiger charge is -2.06. The van der Waals surface area contributed by atoms with Gasteiger partial charge in [0.1, 0.15) is 0 Å². The van der Waals surface area contributed by atoms with Gasteiger partial charge in [-0.2, -0.15) is 11.8 Å². The molecule has 2 heterocycles. The lowest BCUT2D eigenvalue weighted by atomic mass is 10.1. The molecule has 0 aromatic rings. The molecule has 2 bridgehead atoms. The van der Waals surface area contributed by atoms with E-state index in [9.17, 15) is 0 Å². The molecule has 0 aromatic heterocycles. The average molecular weight is 180 g/mol. The molecule has 2 aliphatic rings. The first-order valence-electron chi connectivity index (χ1n) is 3.81. The fourth-order valence-corrected chi connectivity index (χ4v) is 3.23. The molecule has 0 spiro atoms. The highest BCUT2D eigenvalue weighted by Gasteiger charge is 2.26. The third-order valence-electron chi connectivity index (χ3n) is 2.21. The number of hydrogen-bond acceptors (Lipinski definition) is 2. The molecular weight excluding hydrogens is 166 g/mol. The van der Waals surface area contributed by atoms with Gasteiger partial charge < -0.3 is 5.32 Å². The van der Waals surface area contributed by atoms with E-state index in [0.29, 0.717) is 0 Å². The Labute approximate surface area is 72.7 Å². The molecule has 2 aliphatic heterocycles. The van der Waals surface area contributed by atoms with Crippen LogP contribution in [0.25, 0.3) is 0 Å². The number of rotatable bonds is 0. The number of hydrogen-bond donors (Lipinski definition) is 1. The molecule has 0 amide bonds. The van der Waals surface area contributed by atoms with Crippen molar-refractivity contribution in [1.82, 2.24) is 5.32 Å². The van der Waals surface area contributed by atoms with Crippen LogP contribution in [0.1, 0.15) is 19.3 Å². The van der Waals surface area contributed by atoms with Crippen LogP contribution in [-0.4, -0.2) is 23.6 Å². The van der Waals surface area contributed by atoms with E-state index in [4.69, 9.17) is 0 Å². The van der Waals surface area contributed by atoms with Crippen molar-refractivity contribution < 1.29 is 0 Å². The van der Waals surface area contributed by atoms with Crippen LogP contribution in [0, 0.1) is 0 Å². The van der Waals surface area contributed by atoms with E-state index in [2.05, 4.69) is 17.1 Å². The van der Waals surface area contributed by atoms with Crippen molar-refractivity contribution in [2.24, 2.45) is 0 Å². The number of nitrogens with one attached hydrogen (secondary N) is 1. The van der Waals surface area contributed by atoms with Gasteiger partial charge in [-0.3, -0.25) is 0 Å². The Morgan fingerprint density at radius 1 is 1.10 bits per heavy atom. The minimum Gasteiger partial charge on any atom is -0.316 e. The van der Waals surface area contributed by atoms with Gasteiger partial charge in [-0.15, -0.1) is 12.4 Å². The van der Waals surface area contributed by atoms with Crippen LogP contribution in [0.2, 0.25) is 0 Å². The molecule has 0 radical (unpaired) electrons. The molecule has 60 valence electrons. The van der Waals surface area contributed by atoms with Gasteiger partial charge in [-0.1, -0.05) is 0 Å². The summed E-state index contributed by atoms with van der Waals surface area (Å²) in [7, 11) is 0. The highest BCUT2D eigenvalue weighted by Crippen LogP contribution is 2.36. The molecule has 2 unspecified atom stereocenters. The van der Waals surface area contributed by atoms with E-state index in [1.165, 1.54) is 32.4 Å². The molecule has 0 aromatic carbocycles. The Morgan fingerprint density at radius 3 is 2.80 bits per heavy atom. The van der Waals surface area contributed by atoms with Gasteiger partial charge in [0.25, 0.3) is 0 Å². The predicted octanol–water partition coefficient (Wildman–Crippen LogP) is 1.67. The normalized spacial score (nSPS) is 38.4. The van der Waals surface area contributed by atoms with Gasteiger partial charge in [-0.25, -0.2) is 0 Å². The summed E-state index contributed by atoms with van der Waals surface area (Å²) in [5, 5.41) is 5.42. The fraction of sp³-hybridized carbons (Fsp3) is 1.00. The SMILES string of the molecule is C1CC2CCC(CN1)S2.Cl. The maximum atomic E-state index is 3.46. The second kappa shape index (κ2) is 3.84. The molecule has 1 N–H and O–H groups in total. The highest BCUT2D eigenvalue weighted by molar-refractivity contribution is 8.00. The van der Waals surface area contributed by atoms with Crippen LogP contribution in [0.5, 0.6) is 0 Å². The largest absolute Gasteiger partial charge is 0.316 e. The monoisotopic (exact) mass is 179 g/mol. The first-order valence-corrected chi connectivity index (χ1v) is 4.75. The molecule has 0 aliphatic carbocycles. The number of thioether (sulfide) groups is 1. The van der Waals surface area contributed by atoms with E-state index in [1.54, 1.807) is 0 Å². The van der Waals surface area contributed by atoms with Crippen molar-refractivity contribution in [3.05, 3.63) is 0 Å². The molecule has 2 rings (SSSR count). The zero-order chi connectivity index (χ0) is 6.10. The summed E-state index contributed by atoms with van der Waals surface area (Å²) >= 11 is 2.21. The molecule has 10 heavy (non-hydrogen) atoms. The second-order valence-electron chi connectivity index (χ2n) is 2.95. The molecule has 2 saturated heterocycles. The van der Waals surface area contributed by atoms with Crippen LogP contribution in [0.15, 0.2) is 0 Å². The molecule has 2 fully saturated rings. The van der Waals surface area contributed by atoms with Crippen LogP contribution < -0.4 is 5.32 Å². The maximum Gasteiger partial charge on any atom is 0.0175 e. The van der Waals surface area contributed by atoms with Gasteiger partial charge in [0.2, 0.25) is 0 Å². The average Bonchev–Trinajstić information content (AvgIpc) is 2.09. The first kappa shape index (κ1) is 8.69. The molecule has 1 nitrogen and oxygen atoms in total. The molecule has 2 atom stereocenters. The number of halogens is 1. The number of fused-ring (bicyclic) bond motifs is 2.